The lowest BCUT2D eigenvalue weighted by atomic mass is 10.3. The van der Waals surface area contributed by atoms with Gasteiger partial charge in [-0.2, -0.15) is 4.31 Å². The van der Waals surface area contributed by atoms with Crippen molar-refractivity contribution in [3.8, 4) is 0 Å². The monoisotopic (exact) mass is 450 g/mol. The number of ether oxygens (including phenoxy) is 1. The molecule has 27 heavy (non-hydrogen) atoms. The maximum absolute atomic E-state index is 12.6. The van der Waals surface area contributed by atoms with Crippen molar-refractivity contribution in [2.24, 2.45) is 0 Å². The molecule has 3 rings (SSSR count). The number of halogens is 2. The first-order valence-corrected chi connectivity index (χ1v) is 11.5. The molecule has 146 valence electrons. The summed E-state index contributed by atoms with van der Waals surface area (Å²) >= 11 is 11.7. The van der Waals surface area contributed by atoms with Crippen LogP contribution in [0.15, 0.2) is 52.3 Å². The normalized spacial score (nSPS) is 16.2. The van der Waals surface area contributed by atoms with E-state index in [0.29, 0.717) is 13.2 Å². The number of hydrogen-bond donors (Lipinski definition) is 1. The molecule has 0 aromatic heterocycles. The maximum Gasteiger partial charge on any atom is 0.261 e. The van der Waals surface area contributed by atoms with Crippen LogP contribution in [0.5, 0.6) is 0 Å². The highest BCUT2D eigenvalue weighted by Crippen LogP contribution is 2.25. The van der Waals surface area contributed by atoms with Crippen molar-refractivity contribution < 1.29 is 21.6 Å². The molecule has 0 spiro atoms. The fourth-order valence-corrected chi connectivity index (χ4v) is 5.53. The van der Waals surface area contributed by atoms with Crippen LogP contribution in [-0.4, -0.2) is 47.4 Å². The third-order valence-corrected chi connectivity index (χ3v) is 7.60. The van der Waals surface area contributed by atoms with E-state index < -0.39 is 20.0 Å². The SMILES string of the molecule is O=S(=O)(Nc1cc(Cl)cc(Cl)c1)c1ccc(S(=O)(=O)N2CCOCC2)cc1. The summed E-state index contributed by atoms with van der Waals surface area (Å²) in [4.78, 5) is -0.0614. The van der Waals surface area contributed by atoms with Crippen LogP contribution in [0.2, 0.25) is 10.0 Å². The van der Waals surface area contributed by atoms with Crippen LogP contribution in [0, 0.1) is 0 Å². The molecule has 0 amide bonds. The third-order valence-electron chi connectivity index (χ3n) is 3.86. The van der Waals surface area contributed by atoms with E-state index in [1.807, 2.05) is 0 Å². The van der Waals surface area contributed by atoms with Gasteiger partial charge in [0.05, 0.1) is 28.7 Å². The summed E-state index contributed by atoms with van der Waals surface area (Å²) in [7, 11) is -7.62. The van der Waals surface area contributed by atoms with E-state index >= 15 is 0 Å². The van der Waals surface area contributed by atoms with Crippen molar-refractivity contribution in [2.75, 3.05) is 31.0 Å². The molecule has 0 atom stereocenters. The number of rotatable bonds is 5. The van der Waals surface area contributed by atoms with E-state index in [4.69, 9.17) is 27.9 Å². The summed E-state index contributed by atoms with van der Waals surface area (Å²) in [5, 5.41) is 0.569. The highest BCUT2D eigenvalue weighted by atomic mass is 35.5. The van der Waals surface area contributed by atoms with Crippen molar-refractivity contribution in [2.45, 2.75) is 9.79 Å². The summed E-state index contributed by atoms with van der Waals surface area (Å²) < 4.78 is 59.0. The lowest BCUT2D eigenvalue weighted by Gasteiger charge is -2.26. The predicted octanol–water partition coefficient (Wildman–Crippen LogP) is 2.82. The van der Waals surface area contributed by atoms with E-state index in [-0.39, 0.29) is 38.6 Å². The van der Waals surface area contributed by atoms with Crippen molar-refractivity contribution in [3.63, 3.8) is 0 Å². The van der Waals surface area contributed by atoms with Gasteiger partial charge in [0.2, 0.25) is 10.0 Å². The molecule has 2 aromatic carbocycles. The predicted molar refractivity (Wildman–Crippen MR) is 103 cm³/mol. The minimum atomic E-state index is -3.93. The minimum Gasteiger partial charge on any atom is -0.379 e. The molecule has 0 aliphatic carbocycles. The van der Waals surface area contributed by atoms with E-state index in [9.17, 15) is 16.8 Å². The van der Waals surface area contributed by atoms with Crippen LogP contribution in [0.4, 0.5) is 5.69 Å². The van der Waals surface area contributed by atoms with E-state index in [1.165, 1.54) is 46.8 Å². The molecule has 1 aliphatic rings. The van der Waals surface area contributed by atoms with Gasteiger partial charge in [-0.15, -0.1) is 0 Å². The maximum atomic E-state index is 12.6. The molecule has 0 saturated carbocycles. The number of nitrogens with zero attached hydrogens (tertiary/aromatic N) is 1. The number of nitrogens with one attached hydrogen (secondary N) is 1. The molecule has 7 nitrogen and oxygen atoms in total. The number of hydrogen-bond acceptors (Lipinski definition) is 5. The van der Waals surface area contributed by atoms with Crippen LogP contribution in [0.3, 0.4) is 0 Å². The molecule has 2 aromatic rings. The molecule has 0 radical (unpaired) electrons. The highest BCUT2D eigenvalue weighted by molar-refractivity contribution is 7.92. The van der Waals surface area contributed by atoms with Crippen molar-refractivity contribution in [1.29, 1.82) is 0 Å². The Labute approximate surface area is 167 Å². The first-order valence-electron chi connectivity index (χ1n) is 7.85. The Kier molecular flexibility index (Phi) is 5.99. The molecule has 1 saturated heterocycles. The zero-order chi connectivity index (χ0) is 19.7. The van der Waals surface area contributed by atoms with E-state index in [0.717, 1.165) is 0 Å². The van der Waals surface area contributed by atoms with Gasteiger partial charge in [0, 0.05) is 23.1 Å². The zero-order valence-electron chi connectivity index (χ0n) is 13.9. The Bertz CT molecular complexity index is 1010. The molecule has 1 heterocycles. The zero-order valence-corrected chi connectivity index (χ0v) is 17.1. The summed E-state index contributed by atoms with van der Waals surface area (Å²) in [5.74, 6) is 0. The Morgan fingerprint density at radius 1 is 0.852 bits per heavy atom. The van der Waals surface area contributed by atoms with Crippen molar-refractivity contribution in [1.82, 2.24) is 4.31 Å². The summed E-state index contributed by atoms with van der Waals surface area (Å²) in [6.45, 7) is 1.19. The Morgan fingerprint density at radius 3 is 1.93 bits per heavy atom. The largest absolute Gasteiger partial charge is 0.379 e. The van der Waals surface area contributed by atoms with Crippen molar-refractivity contribution in [3.05, 3.63) is 52.5 Å². The molecule has 1 fully saturated rings. The fourth-order valence-electron chi connectivity index (χ4n) is 2.55. The van der Waals surface area contributed by atoms with Gasteiger partial charge in [-0.3, -0.25) is 4.72 Å². The number of sulfonamides is 2. The fraction of sp³-hybridized carbons (Fsp3) is 0.250. The van der Waals surface area contributed by atoms with Gasteiger partial charge in [-0.05, 0) is 42.5 Å². The lowest BCUT2D eigenvalue weighted by Crippen LogP contribution is -2.40. The van der Waals surface area contributed by atoms with Gasteiger partial charge in [0.1, 0.15) is 0 Å². The molecule has 1 aliphatic heterocycles. The van der Waals surface area contributed by atoms with Gasteiger partial charge in [0.25, 0.3) is 10.0 Å². The molecule has 0 bridgehead atoms. The average Bonchev–Trinajstić information content (AvgIpc) is 2.61. The second-order valence-electron chi connectivity index (χ2n) is 5.75. The summed E-state index contributed by atoms with van der Waals surface area (Å²) in [5.41, 5.74) is 0.206. The first-order chi connectivity index (χ1) is 12.7. The van der Waals surface area contributed by atoms with Crippen molar-refractivity contribution >= 4 is 48.9 Å². The Balaban J connectivity index is 1.83. The van der Waals surface area contributed by atoms with Gasteiger partial charge < -0.3 is 4.74 Å². The second kappa shape index (κ2) is 7.94. The quantitative estimate of drug-likeness (QED) is 0.755. The molecule has 11 heteroatoms. The van der Waals surface area contributed by atoms with Crippen LogP contribution >= 0.6 is 23.2 Å². The Morgan fingerprint density at radius 2 is 1.37 bits per heavy atom. The number of anilines is 1. The van der Waals surface area contributed by atoms with Crippen LogP contribution in [0.1, 0.15) is 0 Å². The standard InChI is InChI=1S/C16H16Cl2N2O5S2/c17-12-9-13(18)11-14(10-12)19-26(21,22)15-1-3-16(4-2-15)27(23,24)20-5-7-25-8-6-20/h1-4,9-11,19H,5-8H2. The van der Waals surface area contributed by atoms with Gasteiger partial charge in [0.15, 0.2) is 0 Å². The minimum absolute atomic E-state index is 0.0224. The third kappa shape index (κ3) is 4.74. The molecule has 1 N–H and O–H groups in total. The molecule has 0 unspecified atom stereocenters. The van der Waals surface area contributed by atoms with Crippen LogP contribution < -0.4 is 4.72 Å². The van der Waals surface area contributed by atoms with Crippen LogP contribution in [-0.2, 0) is 24.8 Å². The molecular weight excluding hydrogens is 435 g/mol. The molecular formula is C16H16Cl2N2O5S2. The second-order valence-corrected chi connectivity index (χ2v) is 10.2. The lowest BCUT2D eigenvalue weighted by molar-refractivity contribution is 0.0730. The van der Waals surface area contributed by atoms with Gasteiger partial charge >= 0.3 is 0 Å². The van der Waals surface area contributed by atoms with E-state index in [1.54, 1.807) is 0 Å². The van der Waals surface area contributed by atoms with Gasteiger partial charge in [-0.25, -0.2) is 16.8 Å². The van der Waals surface area contributed by atoms with Gasteiger partial charge in [-0.1, -0.05) is 23.2 Å². The number of morpholine rings is 1. The number of benzene rings is 2. The highest BCUT2D eigenvalue weighted by Gasteiger charge is 2.26. The van der Waals surface area contributed by atoms with Crippen LogP contribution in [0.25, 0.3) is 0 Å². The Hall–Kier alpha value is -1.36. The van der Waals surface area contributed by atoms with E-state index in [2.05, 4.69) is 4.72 Å². The first kappa shape index (κ1) is 20.4. The summed E-state index contributed by atoms with van der Waals surface area (Å²) in [6.07, 6.45) is 0. The average molecular weight is 451 g/mol. The topological polar surface area (TPSA) is 92.8 Å². The summed E-state index contributed by atoms with van der Waals surface area (Å²) in [6, 6.07) is 9.33. The smallest absolute Gasteiger partial charge is 0.261 e.